The highest BCUT2D eigenvalue weighted by molar-refractivity contribution is 7.15. The van der Waals surface area contributed by atoms with E-state index in [-0.39, 0.29) is 5.82 Å². The summed E-state index contributed by atoms with van der Waals surface area (Å²) in [6.45, 7) is 6.92. The molecule has 0 aliphatic heterocycles. The second-order valence-corrected chi connectivity index (χ2v) is 6.54. The zero-order valence-corrected chi connectivity index (χ0v) is 13.3. The molecule has 1 heterocycles. The molecular formula is C16H21FN2S. The molecule has 0 bridgehead atoms. The average Bonchev–Trinajstić information content (AvgIpc) is 2.75. The molecule has 0 fully saturated rings. The van der Waals surface area contributed by atoms with E-state index in [2.05, 4.69) is 24.1 Å². The summed E-state index contributed by atoms with van der Waals surface area (Å²) in [5.74, 6) is 0.385. The first-order valence-electron chi connectivity index (χ1n) is 6.91. The van der Waals surface area contributed by atoms with Crippen molar-refractivity contribution < 1.29 is 4.39 Å². The molecule has 2 nitrogen and oxygen atoms in total. The van der Waals surface area contributed by atoms with Crippen LogP contribution in [0.1, 0.15) is 30.0 Å². The van der Waals surface area contributed by atoms with Crippen molar-refractivity contribution in [1.82, 2.24) is 10.3 Å². The van der Waals surface area contributed by atoms with Crippen LogP contribution >= 0.6 is 11.3 Å². The fourth-order valence-corrected chi connectivity index (χ4v) is 3.28. The molecule has 20 heavy (non-hydrogen) atoms. The summed E-state index contributed by atoms with van der Waals surface area (Å²) in [6, 6.07) is 5.48. The highest BCUT2D eigenvalue weighted by Gasteiger charge is 2.16. The minimum absolute atomic E-state index is 0.159. The maximum atomic E-state index is 14.2. The van der Waals surface area contributed by atoms with Crippen LogP contribution in [-0.4, -0.2) is 12.0 Å². The van der Waals surface area contributed by atoms with Crippen LogP contribution in [0.15, 0.2) is 18.2 Å². The van der Waals surface area contributed by atoms with Crippen molar-refractivity contribution in [3.63, 3.8) is 0 Å². The smallest absolute Gasteiger partial charge is 0.136 e. The number of aryl methyl sites for hydroxylation is 1. The normalized spacial score (nSPS) is 11.3. The molecule has 0 saturated heterocycles. The van der Waals surface area contributed by atoms with E-state index in [1.165, 1.54) is 4.88 Å². The molecule has 1 aromatic heterocycles. The maximum Gasteiger partial charge on any atom is 0.136 e. The molecule has 0 amide bonds. The zero-order valence-electron chi connectivity index (χ0n) is 12.5. The second-order valence-electron chi connectivity index (χ2n) is 5.45. The number of nitrogens with one attached hydrogen (secondary N) is 1. The van der Waals surface area contributed by atoms with Crippen molar-refractivity contribution in [2.75, 3.05) is 7.05 Å². The number of benzene rings is 1. The lowest BCUT2D eigenvalue weighted by Gasteiger charge is -2.04. The van der Waals surface area contributed by atoms with E-state index in [0.717, 1.165) is 23.7 Å². The van der Waals surface area contributed by atoms with Crippen molar-refractivity contribution in [2.24, 2.45) is 5.92 Å². The molecule has 1 N–H and O–H groups in total. The summed E-state index contributed by atoms with van der Waals surface area (Å²) < 4.78 is 14.2. The summed E-state index contributed by atoms with van der Waals surface area (Å²) in [5, 5.41) is 3.95. The van der Waals surface area contributed by atoms with E-state index >= 15 is 0 Å². The van der Waals surface area contributed by atoms with Gasteiger partial charge in [-0.3, -0.25) is 0 Å². The first-order valence-corrected chi connectivity index (χ1v) is 7.73. The molecule has 1 aromatic carbocycles. The third-order valence-electron chi connectivity index (χ3n) is 3.14. The fourth-order valence-electron chi connectivity index (χ4n) is 2.16. The summed E-state index contributed by atoms with van der Waals surface area (Å²) in [5.41, 5.74) is 2.37. The Morgan fingerprint density at radius 2 is 2.10 bits per heavy atom. The number of aromatic nitrogens is 1. The molecule has 2 aromatic rings. The number of nitrogens with zero attached hydrogens (tertiary/aromatic N) is 1. The van der Waals surface area contributed by atoms with Gasteiger partial charge in [0.05, 0.1) is 5.69 Å². The molecule has 0 aliphatic carbocycles. The first kappa shape index (κ1) is 15.1. The van der Waals surface area contributed by atoms with Crippen LogP contribution in [0.5, 0.6) is 0 Å². The Balaban J connectivity index is 2.44. The van der Waals surface area contributed by atoms with E-state index in [4.69, 9.17) is 0 Å². The summed E-state index contributed by atoms with van der Waals surface area (Å²) in [4.78, 5) is 5.89. The number of halogens is 1. The predicted octanol–water partition coefficient (Wildman–Crippen LogP) is 4.18. The monoisotopic (exact) mass is 292 g/mol. The van der Waals surface area contributed by atoms with Crippen molar-refractivity contribution >= 4 is 11.3 Å². The average molecular weight is 292 g/mol. The lowest BCUT2D eigenvalue weighted by atomic mass is 10.1. The van der Waals surface area contributed by atoms with Crippen molar-refractivity contribution in [2.45, 2.75) is 33.7 Å². The Morgan fingerprint density at radius 3 is 2.75 bits per heavy atom. The quantitative estimate of drug-likeness (QED) is 0.894. The fraction of sp³-hybridized carbons (Fsp3) is 0.438. The Labute approximate surface area is 124 Å². The van der Waals surface area contributed by atoms with Crippen LogP contribution in [0.2, 0.25) is 0 Å². The van der Waals surface area contributed by atoms with E-state index in [9.17, 15) is 4.39 Å². The van der Waals surface area contributed by atoms with Gasteiger partial charge in [-0.1, -0.05) is 26.0 Å². The summed E-state index contributed by atoms with van der Waals surface area (Å²) in [7, 11) is 1.92. The summed E-state index contributed by atoms with van der Waals surface area (Å²) >= 11 is 1.59. The Hall–Kier alpha value is -1.26. The molecule has 0 unspecified atom stereocenters. The second kappa shape index (κ2) is 6.46. The molecule has 0 saturated carbocycles. The Bertz CT molecular complexity index is 590. The predicted molar refractivity (Wildman–Crippen MR) is 83.6 cm³/mol. The highest BCUT2D eigenvalue weighted by Crippen LogP contribution is 2.32. The van der Waals surface area contributed by atoms with Gasteiger partial charge in [-0.25, -0.2) is 9.37 Å². The number of hydrogen-bond acceptors (Lipinski definition) is 3. The van der Waals surface area contributed by atoms with Gasteiger partial charge in [0.1, 0.15) is 10.8 Å². The molecule has 2 rings (SSSR count). The summed E-state index contributed by atoms with van der Waals surface area (Å²) in [6.07, 6.45) is 0.931. The number of hydrogen-bond donors (Lipinski definition) is 1. The van der Waals surface area contributed by atoms with Crippen LogP contribution in [0.25, 0.3) is 10.6 Å². The zero-order chi connectivity index (χ0) is 14.7. The van der Waals surface area contributed by atoms with Crippen LogP contribution in [0.4, 0.5) is 4.39 Å². The Kier molecular flexibility index (Phi) is 4.89. The van der Waals surface area contributed by atoms with Gasteiger partial charge in [0, 0.05) is 17.0 Å². The molecular weight excluding hydrogens is 271 g/mol. The largest absolute Gasteiger partial charge is 0.315 e. The van der Waals surface area contributed by atoms with Crippen LogP contribution < -0.4 is 5.32 Å². The van der Waals surface area contributed by atoms with E-state index in [1.54, 1.807) is 24.3 Å². The lowest BCUT2D eigenvalue weighted by molar-refractivity contribution is 0.620. The maximum absolute atomic E-state index is 14.2. The first-order chi connectivity index (χ1) is 9.52. The molecule has 0 spiro atoms. The third-order valence-corrected chi connectivity index (χ3v) is 4.27. The van der Waals surface area contributed by atoms with Gasteiger partial charge < -0.3 is 5.32 Å². The molecule has 0 radical (unpaired) electrons. The number of thiazole rings is 1. The molecule has 4 heteroatoms. The van der Waals surface area contributed by atoms with Gasteiger partial charge in [0.2, 0.25) is 0 Å². The van der Waals surface area contributed by atoms with Gasteiger partial charge in [-0.2, -0.15) is 0 Å². The standard InChI is InChI=1S/C16H21FN2S/c1-10(2)8-13-14(9-18-4)20-16(19-13)12-7-5-6-11(3)15(12)17/h5-7,10,18H,8-9H2,1-4H3. The number of rotatable bonds is 5. The van der Waals surface area contributed by atoms with Gasteiger partial charge in [-0.05, 0) is 37.9 Å². The third kappa shape index (κ3) is 3.25. The SMILES string of the molecule is CNCc1sc(-c2cccc(C)c2F)nc1CC(C)C. The molecule has 0 aliphatic rings. The van der Waals surface area contributed by atoms with Gasteiger partial charge in [0.15, 0.2) is 0 Å². The van der Waals surface area contributed by atoms with Crippen molar-refractivity contribution in [3.8, 4) is 10.6 Å². The minimum atomic E-state index is -0.159. The van der Waals surface area contributed by atoms with Gasteiger partial charge >= 0.3 is 0 Å². The van der Waals surface area contributed by atoms with E-state index in [1.807, 2.05) is 19.2 Å². The van der Waals surface area contributed by atoms with Crippen LogP contribution in [0, 0.1) is 18.7 Å². The molecule has 108 valence electrons. The highest BCUT2D eigenvalue weighted by atomic mass is 32.1. The van der Waals surface area contributed by atoms with E-state index < -0.39 is 0 Å². The van der Waals surface area contributed by atoms with E-state index in [0.29, 0.717) is 17.0 Å². The van der Waals surface area contributed by atoms with Crippen LogP contribution in [-0.2, 0) is 13.0 Å². The lowest BCUT2D eigenvalue weighted by Crippen LogP contribution is -2.07. The Morgan fingerprint density at radius 1 is 1.35 bits per heavy atom. The van der Waals surface area contributed by atoms with Gasteiger partial charge in [-0.15, -0.1) is 11.3 Å². The van der Waals surface area contributed by atoms with Crippen molar-refractivity contribution in [1.29, 1.82) is 0 Å². The van der Waals surface area contributed by atoms with Gasteiger partial charge in [0.25, 0.3) is 0 Å². The van der Waals surface area contributed by atoms with Crippen molar-refractivity contribution in [3.05, 3.63) is 40.2 Å². The van der Waals surface area contributed by atoms with Crippen LogP contribution in [0.3, 0.4) is 0 Å². The topological polar surface area (TPSA) is 24.9 Å². The minimum Gasteiger partial charge on any atom is -0.315 e. The molecule has 0 atom stereocenters.